The van der Waals surface area contributed by atoms with E-state index in [0.717, 1.165) is 11.3 Å². The summed E-state index contributed by atoms with van der Waals surface area (Å²) in [7, 11) is 1.61. The van der Waals surface area contributed by atoms with Gasteiger partial charge in [0.2, 0.25) is 5.91 Å². The number of benzene rings is 1. The van der Waals surface area contributed by atoms with Gasteiger partial charge in [-0.25, -0.2) is 0 Å². The van der Waals surface area contributed by atoms with Gasteiger partial charge in [0.25, 0.3) is 0 Å². The third-order valence-corrected chi connectivity index (χ3v) is 2.42. The van der Waals surface area contributed by atoms with Gasteiger partial charge in [0.05, 0.1) is 20.1 Å². The highest BCUT2D eigenvalue weighted by atomic mass is 16.5. The lowest BCUT2D eigenvalue weighted by molar-refractivity contribution is -0.118. The van der Waals surface area contributed by atoms with Crippen molar-refractivity contribution in [3.63, 3.8) is 0 Å². The number of amides is 1. The van der Waals surface area contributed by atoms with Crippen LogP contribution in [0.25, 0.3) is 0 Å². The standard InChI is InChI=1S/C13H20N2O3/c1-9(14)7-10-8-11(17-2)3-4-12(10)18-6-5-13(15)16/h3-4,8-9H,5-7,14H2,1-2H3,(H2,15,16). The van der Waals surface area contributed by atoms with Crippen LogP contribution in [0.15, 0.2) is 18.2 Å². The van der Waals surface area contributed by atoms with E-state index in [9.17, 15) is 4.79 Å². The molecule has 0 saturated heterocycles. The van der Waals surface area contributed by atoms with Gasteiger partial charge in [0.15, 0.2) is 0 Å². The van der Waals surface area contributed by atoms with Gasteiger partial charge in [-0.2, -0.15) is 0 Å². The van der Waals surface area contributed by atoms with E-state index in [-0.39, 0.29) is 25.0 Å². The summed E-state index contributed by atoms with van der Waals surface area (Å²) in [5.41, 5.74) is 11.8. The Morgan fingerprint density at radius 3 is 2.72 bits per heavy atom. The molecule has 5 nitrogen and oxygen atoms in total. The van der Waals surface area contributed by atoms with Crippen molar-refractivity contribution in [2.75, 3.05) is 13.7 Å². The van der Waals surface area contributed by atoms with E-state index in [0.29, 0.717) is 12.2 Å². The Balaban J connectivity index is 2.77. The van der Waals surface area contributed by atoms with Crippen molar-refractivity contribution in [1.29, 1.82) is 0 Å². The first-order chi connectivity index (χ1) is 8.52. The van der Waals surface area contributed by atoms with Crippen LogP contribution in [0.1, 0.15) is 18.9 Å². The minimum absolute atomic E-state index is 0.0237. The molecule has 1 rings (SSSR count). The molecule has 0 radical (unpaired) electrons. The molecule has 18 heavy (non-hydrogen) atoms. The molecule has 0 saturated carbocycles. The van der Waals surface area contributed by atoms with Gasteiger partial charge in [-0.3, -0.25) is 4.79 Å². The lowest BCUT2D eigenvalue weighted by Gasteiger charge is -2.14. The van der Waals surface area contributed by atoms with Gasteiger partial charge in [-0.15, -0.1) is 0 Å². The largest absolute Gasteiger partial charge is 0.497 e. The highest BCUT2D eigenvalue weighted by Gasteiger charge is 2.08. The number of carbonyl (C=O) groups excluding carboxylic acids is 1. The maximum absolute atomic E-state index is 10.7. The molecular formula is C13H20N2O3. The molecule has 1 aromatic carbocycles. The van der Waals surface area contributed by atoms with E-state index >= 15 is 0 Å². The normalized spacial score (nSPS) is 11.9. The van der Waals surface area contributed by atoms with Crippen LogP contribution in [0.4, 0.5) is 0 Å². The molecule has 100 valence electrons. The highest BCUT2D eigenvalue weighted by molar-refractivity contribution is 5.73. The molecule has 1 unspecified atom stereocenters. The number of primary amides is 1. The van der Waals surface area contributed by atoms with Crippen LogP contribution in [-0.2, 0) is 11.2 Å². The first kappa shape index (κ1) is 14.3. The summed E-state index contributed by atoms with van der Waals surface area (Å²) in [6.45, 7) is 2.19. The Morgan fingerprint density at radius 2 is 2.17 bits per heavy atom. The Bertz CT molecular complexity index is 405. The molecule has 0 aliphatic heterocycles. The molecular weight excluding hydrogens is 232 g/mol. The summed E-state index contributed by atoms with van der Waals surface area (Å²) in [5.74, 6) is 1.10. The number of rotatable bonds is 7. The molecule has 0 bridgehead atoms. The molecule has 0 spiro atoms. The maximum atomic E-state index is 10.7. The molecule has 5 heteroatoms. The SMILES string of the molecule is COc1ccc(OCCC(N)=O)c(CC(C)N)c1. The number of nitrogens with two attached hydrogens (primary N) is 2. The van der Waals surface area contributed by atoms with Crippen molar-refractivity contribution in [3.8, 4) is 11.5 Å². The van der Waals surface area contributed by atoms with Crippen LogP contribution in [0.2, 0.25) is 0 Å². The summed E-state index contributed by atoms with van der Waals surface area (Å²) in [4.78, 5) is 10.7. The predicted octanol–water partition coefficient (Wildman–Crippen LogP) is 0.839. The van der Waals surface area contributed by atoms with E-state index < -0.39 is 0 Å². The average Bonchev–Trinajstić information content (AvgIpc) is 2.29. The van der Waals surface area contributed by atoms with E-state index in [2.05, 4.69) is 0 Å². The number of hydrogen-bond acceptors (Lipinski definition) is 4. The van der Waals surface area contributed by atoms with Gasteiger partial charge >= 0.3 is 0 Å². The van der Waals surface area contributed by atoms with Crippen LogP contribution < -0.4 is 20.9 Å². The molecule has 0 aromatic heterocycles. The smallest absolute Gasteiger partial charge is 0.220 e. The van der Waals surface area contributed by atoms with E-state index in [4.69, 9.17) is 20.9 Å². The third kappa shape index (κ3) is 4.63. The fourth-order valence-electron chi connectivity index (χ4n) is 1.59. The molecule has 0 aliphatic rings. The van der Waals surface area contributed by atoms with Crippen molar-refractivity contribution in [3.05, 3.63) is 23.8 Å². The number of ether oxygens (including phenoxy) is 2. The van der Waals surface area contributed by atoms with Crippen LogP contribution in [-0.4, -0.2) is 25.7 Å². The predicted molar refractivity (Wildman–Crippen MR) is 69.7 cm³/mol. The molecule has 0 aliphatic carbocycles. The van der Waals surface area contributed by atoms with Crippen molar-refractivity contribution >= 4 is 5.91 Å². The number of carbonyl (C=O) groups is 1. The van der Waals surface area contributed by atoms with Gasteiger partial charge in [-0.1, -0.05) is 0 Å². The quantitative estimate of drug-likeness (QED) is 0.752. The molecule has 1 aromatic rings. The molecule has 4 N–H and O–H groups in total. The Morgan fingerprint density at radius 1 is 1.44 bits per heavy atom. The monoisotopic (exact) mass is 252 g/mol. The first-order valence-electron chi connectivity index (χ1n) is 5.86. The van der Waals surface area contributed by atoms with E-state index in [1.807, 2.05) is 25.1 Å². The van der Waals surface area contributed by atoms with Crippen molar-refractivity contribution in [2.45, 2.75) is 25.8 Å². The molecule has 1 amide bonds. The summed E-state index contributed by atoms with van der Waals surface area (Å²) in [6.07, 6.45) is 0.882. The minimum atomic E-state index is -0.378. The molecule has 0 heterocycles. The summed E-state index contributed by atoms with van der Waals surface area (Å²) in [5, 5.41) is 0. The maximum Gasteiger partial charge on any atom is 0.220 e. The zero-order valence-corrected chi connectivity index (χ0v) is 10.8. The average molecular weight is 252 g/mol. The van der Waals surface area contributed by atoms with Crippen molar-refractivity contribution < 1.29 is 14.3 Å². The van der Waals surface area contributed by atoms with Crippen molar-refractivity contribution in [2.24, 2.45) is 11.5 Å². The topological polar surface area (TPSA) is 87.6 Å². The minimum Gasteiger partial charge on any atom is -0.497 e. The first-order valence-corrected chi connectivity index (χ1v) is 5.86. The Hall–Kier alpha value is -1.75. The summed E-state index contributed by atoms with van der Waals surface area (Å²) in [6, 6.07) is 5.54. The number of hydrogen-bond donors (Lipinski definition) is 2. The number of methoxy groups -OCH3 is 1. The Kier molecular flexibility index (Phi) is 5.45. The summed E-state index contributed by atoms with van der Waals surface area (Å²) < 4.78 is 10.7. The van der Waals surface area contributed by atoms with Crippen LogP contribution >= 0.6 is 0 Å². The second-order valence-electron chi connectivity index (χ2n) is 4.22. The highest BCUT2D eigenvalue weighted by Crippen LogP contribution is 2.25. The fourth-order valence-corrected chi connectivity index (χ4v) is 1.59. The van der Waals surface area contributed by atoms with Crippen LogP contribution in [0.5, 0.6) is 11.5 Å². The zero-order chi connectivity index (χ0) is 13.5. The van der Waals surface area contributed by atoms with Gasteiger partial charge in [0, 0.05) is 6.04 Å². The zero-order valence-electron chi connectivity index (χ0n) is 10.8. The van der Waals surface area contributed by atoms with Crippen molar-refractivity contribution in [1.82, 2.24) is 0 Å². The molecule has 0 fully saturated rings. The summed E-state index contributed by atoms with van der Waals surface area (Å²) >= 11 is 0. The lowest BCUT2D eigenvalue weighted by atomic mass is 10.1. The van der Waals surface area contributed by atoms with Gasteiger partial charge < -0.3 is 20.9 Å². The van der Waals surface area contributed by atoms with Gasteiger partial charge in [-0.05, 0) is 37.1 Å². The van der Waals surface area contributed by atoms with Gasteiger partial charge in [0.1, 0.15) is 11.5 Å². The second kappa shape index (κ2) is 6.86. The second-order valence-corrected chi connectivity index (χ2v) is 4.22. The van der Waals surface area contributed by atoms with E-state index in [1.54, 1.807) is 7.11 Å². The van der Waals surface area contributed by atoms with Crippen LogP contribution in [0.3, 0.4) is 0 Å². The third-order valence-electron chi connectivity index (χ3n) is 2.42. The van der Waals surface area contributed by atoms with E-state index in [1.165, 1.54) is 0 Å². The molecule has 1 atom stereocenters. The Labute approximate surface area is 107 Å². The lowest BCUT2D eigenvalue weighted by Crippen LogP contribution is -2.19. The fraction of sp³-hybridized carbons (Fsp3) is 0.462. The van der Waals surface area contributed by atoms with Crippen LogP contribution in [0, 0.1) is 0 Å².